The molecule has 4 nitrogen and oxygen atoms in total. The van der Waals surface area contributed by atoms with Gasteiger partial charge in [0.05, 0.1) is 4.88 Å². The molecule has 3 heterocycles. The number of amides is 1. The highest BCUT2D eigenvalue weighted by Crippen LogP contribution is 2.25. The SMILES string of the molecule is Cc1ccc(C(=O)N2CCC(Cc3ncc(C)n3Cc3ccc(F)cc3)CC2)s1. The van der Waals surface area contributed by atoms with Crippen LogP contribution >= 0.6 is 11.3 Å². The van der Waals surface area contributed by atoms with Gasteiger partial charge in [0, 0.05) is 42.8 Å². The number of carbonyl (C=O) groups is 1. The normalized spacial score (nSPS) is 15.1. The summed E-state index contributed by atoms with van der Waals surface area (Å²) in [5.74, 6) is 1.55. The van der Waals surface area contributed by atoms with Crippen molar-refractivity contribution in [1.82, 2.24) is 14.5 Å². The first-order valence-electron chi connectivity index (χ1n) is 10.1. The number of carbonyl (C=O) groups excluding carboxylic acids is 1. The van der Waals surface area contributed by atoms with E-state index in [1.165, 1.54) is 17.0 Å². The number of likely N-dealkylation sites (tertiary alicyclic amines) is 1. The minimum atomic E-state index is -0.213. The van der Waals surface area contributed by atoms with Crippen LogP contribution in [0, 0.1) is 25.6 Å². The second-order valence-electron chi connectivity index (χ2n) is 7.88. The molecule has 29 heavy (non-hydrogen) atoms. The Morgan fingerprint density at radius 1 is 1.14 bits per heavy atom. The summed E-state index contributed by atoms with van der Waals surface area (Å²) in [7, 11) is 0. The van der Waals surface area contributed by atoms with Gasteiger partial charge in [-0.25, -0.2) is 9.37 Å². The molecule has 0 aliphatic carbocycles. The van der Waals surface area contributed by atoms with E-state index in [2.05, 4.69) is 16.5 Å². The third kappa shape index (κ3) is 4.58. The van der Waals surface area contributed by atoms with Gasteiger partial charge in [0.2, 0.25) is 0 Å². The maximum Gasteiger partial charge on any atom is 0.263 e. The first-order valence-corrected chi connectivity index (χ1v) is 10.9. The van der Waals surface area contributed by atoms with Gasteiger partial charge in [0.1, 0.15) is 11.6 Å². The van der Waals surface area contributed by atoms with Crippen LogP contribution in [-0.2, 0) is 13.0 Å². The lowest BCUT2D eigenvalue weighted by Gasteiger charge is -2.31. The van der Waals surface area contributed by atoms with Crippen LogP contribution in [0.2, 0.25) is 0 Å². The Labute approximate surface area is 175 Å². The lowest BCUT2D eigenvalue weighted by Crippen LogP contribution is -2.38. The van der Waals surface area contributed by atoms with Crippen molar-refractivity contribution in [3.8, 4) is 0 Å². The van der Waals surface area contributed by atoms with Crippen molar-refractivity contribution in [3.05, 3.63) is 75.2 Å². The number of rotatable bonds is 5. The maximum atomic E-state index is 13.2. The average Bonchev–Trinajstić information content (AvgIpc) is 3.30. The standard InChI is InChI=1S/C23H26FN3OS/c1-16-14-25-22(27(16)15-19-4-6-20(24)7-5-19)13-18-9-11-26(12-10-18)23(28)21-8-3-17(2)29-21/h3-8,14,18H,9-13,15H2,1-2H3. The maximum absolute atomic E-state index is 13.2. The predicted molar refractivity (Wildman–Crippen MR) is 114 cm³/mol. The summed E-state index contributed by atoms with van der Waals surface area (Å²) in [6.07, 6.45) is 4.82. The molecule has 0 atom stereocenters. The molecule has 0 N–H and O–H groups in total. The van der Waals surface area contributed by atoms with E-state index in [-0.39, 0.29) is 11.7 Å². The van der Waals surface area contributed by atoms with E-state index in [1.807, 2.05) is 42.3 Å². The van der Waals surface area contributed by atoms with Gasteiger partial charge in [-0.2, -0.15) is 0 Å². The number of aryl methyl sites for hydroxylation is 2. The van der Waals surface area contributed by atoms with Gasteiger partial charge in [-0.05, 0) is 62.4 Å². The summed E-state index contributed by atoms with van der Waals surface area (Å²) in [6.45, 7) is 6.40. The van der Waals surface area contributed by atoms with E-state index in [4.69, 9.17) is 0 Å². The number of benzene rings is 1. The Kier molecular flexibility index (Phi) is 5.81. The van der Waals surface area contributed by atoms with E-state index >= 15 is 0 Å². The molecule has 6 heteroatoms. The zero-order valence-electron chi connectivity index (χ0n) is 16.9. The van der Waals surface area contributed by atoms with Crippen LogP contribution in [0.3, 0.4) is 0 Å². The molecule has 0 spiro atoms. The summed E-state index contributed by atoms with van der Waals surface area (Å²) < 4.78 is 15.4. The monoisotopic (exact) mass is 411 g/mol. The van der Waals surface area contributed by atoms with Crippen LogP contribution in [-0.4, -0.2) is 33.4 Å². The number of hydrogen-bond donors (Lipinski definition) is 0. The second-order valence-corrected chi connectivity index (χ2v) is 9.17. The van der Waals surface area contributed by atoms with E-state index < -0.39 is 0 Å². The van der Waals surface area contributed by atoms with Gasteiger partial charge in [0.15, 0.2) is 0 Å². The molecule has 1 amide bonds. The third-order valence-corrected chi connectivity index (χ3v) is 6.70. The largest absolute Gasteiger partial charge is 0.338 e. The Morgan fingerprint density at radius 2 is 1.86 bits per heavy atom. The molecule has 3 aromatic rings. The molecule has 1 saturated heterocycles. The number of aromatic nitrogens is 2. The molecular formula is C23H26FN3OS. The first kappa shape index (κ1) is 19.8. The van der Waals surface area contributed by atoms with Crippen molar-refractivity contribution < 1.29 is 9.18 Å². The zero-order chi connectivity index (χ0) is 20.4. The second kappa shape index (κ2) is 8.49. The highest BCUT2D eigenvalue weighted by atomic mass is 32.1. The summed E-state index contributed by atoms with van der Waals surface area (Å²) in [5.41, 5.74) is 2.19. The van der Waals surface area contributed by atoms with Crippen LogP contribution < -0.4 is 0 Å². The molecule has 0 saturated carbocycles. The van der Waals surface area contributed by atoms with Crippen molar-refractivity contribution in [2.45, 2.75) is 39.7 Å². The predicted octanol–water partition coefficient (Wildman–Crippen LogP) is 4.84. The van der Waals surface area contributed by atoms with Crippen molar-refractivity contribution in [2.24, 2.45) is 5.92 Å². The fourth-order valence-electron chi connectivity index (χ4n) is 3.97. The van der Waals surface area contributed by atoms with Gasteiger partial charge in [-0.3, -0.25) is 4.79 Å². The number of imidazole rings is 1. The van der Waals surface area contributed by atoms with E-state index in [0.29, 0.717) is 12.5 Å². The minimum absolute atomic E-state index is 0.162. The lowest BCUT2D eigenvalue weighted by atomic mass is 9.93. The fourth-order valence-corrected chi connectivity index (χ4v) is 4.80. The van der Waals surface area contributed by atoms with Crippen molar-refractivity contribution >= 4 is 17.2 Å². The van der Waals surface area contributed by atoms with Gasteiger partial charge in [0.25, 0.3) is 5.91 Å². The highest BCUT2D eigenvalue weighted by Gasteiger charge is 2.25. The van der Waals surface area contributed by atoms with E-state index in [9.17, 15) is 9.18 Å². The molecule has 1 fully saturated rings. The lowest BCUT2D eigenvalue weighted by molar-refractivity contribution is 0.0694. The molecule has 152 valence electrons. The van der Waals surface area contributed by atoms with Crippen molar-refractivity contribution in [1.29, 1.82) is 0 Å². The van der Waals surface area contributed by atoms with Crippen molar-refractivity contribution in [3.63, 3.8) is 0 Å². The van der Waals surface area contributed by atoms with Gasteiger partial charge in [-0.1, -0.05) is 12.1 Å². The Morgan fingerprint density at radius 3 is 2.52 bits per heavy atom. The van der Waals surface area contributed by atoms with Gasteiger partial charge < -0.3 is 9.47 Å². The molecule has 1 aromatic carbocycles. The molecule has 0 bridgehead atoms. The molecule has 2 aromatic heterocycles. The summed E-state index contributed by atoms with van der Waals surface area (Å²) in [6, 6.07) is 10.6. The van der Waals surface area contributed by atoms with Crippen molar-refractivity contribution in [2.75, 3.05) is 13.1 Å². The summed E-state index contributed by atoms with van der Waals surface area (Å²) in [5, 5.41) is 0. The molecule has 1 aliphatic heterocycles. The molecule has 0 radical (unpaired) electrons. The number of nitrogens with zero attached hydrogens (tertiary/aromatic N) is 3. The fraction of sp³-hybridized carbons (Fsp3) is 0.391. The highest BCUT2D eigenvalue weighted by molar-refractivity contribution is 7.13. The van der Waals surface area contributed by atoms with Crippen LogP contribution in [0.25, 0.3) is 0 Å². The summed E-state index contributed by atoms with van der Waals surface area (Å²) in [4.78, 5) is 21.3. The molecule has 0 unspecified atom stereocenters. The number of piperidine rings is 1. The summed E-state index contributed by atoms with van der Waals surface area (Å²) >= 11 is 1.57. The van der Waals surface area contributed by atoms with Crippen LogP contribution in [0.1, 0.15) is 44.5 Å². The third-order valence-electron chi connectivity index (χ3n) is 5.72. The smallest absolute Gasteiger partial charge is 0.263 e. The average molecular weight is 412 g/mol. The van der Waals surface area contributed by atoms with Gasteiger partial charge >= 0.3 is 0 Å². The Hall–Kier alpha value is -2.47. The zero-order valence-corrected chi connectivity index (χ0v) is 17.7. The Balaban J connectivity index is 1.37. The minimum Gasteiger partial charge on any atom is -0.338 e. The van der Waals surface area contributed by atoms with E-state index in [0.717, 1.165) is 54.3 Å². The first-order chi connectivity index (χ1) is 14.0. The van der Waals surface area contributed by atoms with Gasteiger partial charge in [-0.15, -0.1) is 11.3 Å². The Bertz CT molecular complexity index is 984. The van der Waals surface area contributed by atoms with E-state index in [1.54, 1.807) is 11.3 Å². The number of hydrogen-bond acceptors (Lipinski definition) is 3. The molecule has 4 rings (SSSR count). The molecular weight excluding hydrogens is 385 g/mol. The van der Waals surface area contributed by atoms with Crippen LogP contribution in [0.15, 0.2) is 42.6 Å². The molecule has 1 aliphatic rings. The topological polar surface area (TPSA) is 38.1 Å². The number of halogens is 1. The van der Waals surface area contributed by atoms with Crippen LogP contribution in [0.4, 0.5) is 4.39 Å². The number of thiophene rings is 1. The quantitative estimate of drug-likeness (QED) is 0.602. The van der Waals surface area contributed by atoms with Crippen LogP contribution in [0.5, 0.6) is 0 Å².